The molecule has 0 saturated heterocycles. The van der Waals surface area contributed by atoms with Gasteiger partial charge in [-0.05, 0) is 82.0 Å². The van der Waals surface area contributed by atoms with E-state index in [1.54, 1.807) is 43.3 Å². The van der Waals surface area contributed by atoms with Gasteiger partial charge in [0.05, 0.1) is 10.6 Å². The van der Waals surface area contributed by atoms with E-state index in [0.717, 1.165) is 26.6 Å². The maximum atomic E-state index is 13.9. The summed E-state index contributed by atoms with van der Waals surface area (Å²) in [5.41, 5.74) is 4.28. The zero-order valence-electron chi connectivity index (χ0n) is 22.8. The summed E-state index contributed by atoms with van der Waals surface area (Å²) in [6.45, 7) is 9.49. The lowest BCUT2D eigenvalue weighted by Crippen LogP contribution is -2.52. The van der Waals surface area contributed by atoms with E-state index >= 15 is 0 Å². The van der Waals surface area contributed by atoms with Crippen LogP contribution in [0.5, 0.6) is 0 Å². The molecule has 1 N–H and O–H groups in total. The van der Waals surface area contributed by atoms with Gasteiger partial charge < -0.3 is 10.2 Å². The molecule has 0 unspecified atom stereocenters. The van der Waals surface area contributed by atoms with Crippen LogP contribution in [0.15, 0.2) is 77.7 Å². The summed E-state index contributed by atoms with van der Waals surface area (Å²) in [7, 11) is -4.07. The first-order valence-corrected chi connectivity index (χ1v) is 14.3. The molecule has 8 heteroatoms. The molecule has 0 aliphatic rings. The van der Waals surface area contributed by atoms with E-state index in [-0.39, 0.29) is 17.3 Å². The number of nitrogens with zero attached hydrogens (tertiary/aromatic N) is 2. The Morgan fingerprint density at radius 3 is 2.16 bits per heavy atom. The summed E-state index contributed by atoms with van der Waals surface area (Å²) >= 11 is 0. The van der Waals surface area contributed by atoms with Crippen LogP contribution in [-0.4, -0.2) is 50.8 Å². The lowest BCUT2D eigenvalue weighted by Gasteiger charge is -2.32. The van der Waals surface area contributed by atoms with Crippen molar-refractivity contribution in [2.45, 2.75) is 52.0 Å². The molecule has 0 aliphatic heterocycles. The Kier molecular flexibility index (Phi) is 9.69. The molecular formula is C30H37N3O4S. The highest BCUT2D eigenvalue weighted by Gasteiger charge is 2.32. The third-order valence-corrected chi connectivity index (χ3v) is 8.46. The van der Waals surface area contributed by atoms with Crippen molar-refractivity contribution in [1.29, 1.82) is 0 Å². The molecule has 3 aromatic carbocycles. The Balaban J connectivity index is 2.00. The predicted octanol–water partition coefficient (Wildman–Crippen LogP) is 4.40. The van der Waals surface area contributed by atoms with E-state index in [0.29, 0.717) is 18.7 Å². The maximum absolute atomic E-state index is 13.9. The minimum atomic E-state index is -4.07. The number of likely N-dealkylation sites (N-methyl/N-ethyl adjacent to an activating group) is 1. The standard InChI is InChI=1S/C30H37N3O4S/c1-6-31-30(35)25(5)32(19-18-26-10-8-7-9-11-26)29(34)21-33(27-15-14-23(3)24(4)20-27)38(36,37)28-16-12-22(2)13-17-28/h7-17,20,25H,6,18-19,21H2,1-5H3,(H,31,35)/t25-/m0/s1. The monoisotopic (exact) mass is 535 g/mol. The number of carbonyl (C=O) groups is 2. The van der Waals surface area contributed by atoms with Crippen molar-refractivity contribution in [3.63, 3.8) is 0 Å². The molecule has 3 aromatic rings. The third-order valence-electron chi connectivity index (χ3n) is 6.67. The number of anilines is 1. The molecule has 0 bridgehead atoms. The molecule has 0 fully saturated rings. The van der Waals surface area contributed by atoms with E-state index < -0.39 is 28.5 Å². The molecule has 38 heavy (non-hydrogen) atoms. The highest BCUT2D eigenvalue weighted by atomic mass is 32.2. The Bertz CT molecular complexity index is 1360. The Morgan fingerprint density at radius 2 is 1.55 bits per heavy atom. The van der Waals surface area contributed by atoms with Crippen molar-refractivity contribution in [3.8, 4) is 0 Å². The average Bonchev–Trinajstić information content (AvgIpc) is 2.90. The number of amides is 2. The van der Waals surface area contributed by atoms with Gasteiger partial charge in [-0.25, -0.2) is 8.42 Å². The van der Waals surface area contributed by atoms with Crippen molar-refractivity contribution < 1.29 is 18.0 Å². The van der Waals surface area contributed by atoms with Gasteiger partial charge in [-0.3, -0.25) is 13.9 Å². The Hall–Kier alpha value is -3.65. The SMILES string of the molecule is CCNC(=O)[C@H](C)N(CCc1ccccc1)C(=O)CN(c1ccc(C)c(C)c1)S(=O)(=O)c1ccc(C)cc1. The molecule has 202 valence electrons. The minimum absolute atomic E-state index is 0.0988. The predicted molar refractivity (Wildman–Crippen MR) is 152 cm³/mol. The lowest BCUT2D eigenvalue weighted by atomic mass is 10.1. The molecule has 0 saturated carbocycles. The Morgan fingerprint density at radius 1 is 0.895 bits per heavy atom. The van der Waals surface area contributed by atoms with E-state index in [9.17, 15) is 18.0 Å². The second-order valence-corrected chi connectivity index (χ2v) is 11.3. The summed E-state index contributed by atoms with van der Waals surface area (Å²) < 4.78 is 28.9. The lowest BCUT2D eigenvalue weighted by molar-refractivity contribution is -0.138. The number of rotatable bonds is 11. The number of nitrogens with one attached hydrogen (secondary N) is 1. The van der Waals surface area contributed by atoms with Gasteiger partial charge in [-0.15, -0.1) is 0 Å². The van der Waals surface area contributed by atoms with Crippen molar-refractivity contribution in [2.75, 3.05) is 23.9 Å². The molecule has 0 aromatic heterocycles. The fraction of sp³-hybridized carbons (Fsp3) is 0.333. The van der Waals surface area contributed by atoms with Crippen molar-refractivity contribution in [1.82, 2.24) is 10.2 Å². The zero-order chi connectivity index (χ0) is 27.9. The fourth-order valence-electron chi connectivity index (χ4n) is 4.14. The number of carbonyl (C=O) groups excluding carboxylic acids is 2. The van der Waals surface area contributed by atoms with Crippen LogP contribution in [0.1, 0.15) is 36.1 Å². The van der Waals surface area contributed by atoms with E-state index in [1.807, 2.05) is 64.1 Å². The van der Waals surface area contributed by atoms with E-state index in [4.69, 9.17) is 0 Å². The number of sulfonamides is 1. The Labute approximate surface area is 226 Å². The summed E-state index contributed by atoms with van der Waals surface area (Å²) in [5, 5.41) is 2.77. The first-order valence-electron chi connectivity index (χ1n) is 12.8. The maximum Gasteiger partial charge on any atom is 0.264 e. The quantitative estimate of drug-likeness (QED) is 0.394. The molecule has 0 radical (unpaired) electrons. The van der Waals surface area contributed by atoms with Gasteiger partial charge in [-0.2, -0.15) is 0 Å². The second kappa shape index (κ2) is 12.7. The number of hydrogen-bond acceptors (Lipinski definition) is 4. The van der Waals surface area contributed by atoms with Crippen LogP contribution in [0, 0.1) is 20.8 Å². The first kappa shape index (κ1) is 28.9. The first-order chi connectivity index (χ1) is 18.0. The largest absolute Gasteiger partial charge is 0.355 e. The fourth-order valence-corrected chi connectivity index (χ4v) is 5.54. The van der Waals surface area contributed by atoms with Crippen molar-refractivity contribution >= 4 is 27.5 Å². The van der Waals surface area contributed by atoms with Crippen LogP contribution in [-0.2, 0) is 26.0 Å². The van der Waals surface area contributed by atoms with Crippen LogP contribution < -0.4 is 9.62 Å². The van der Waals surface area contributed by atoms with Crippen molar-refractivity contribution in [3.05, 3.63) is 95.1 Å². The van der Waals surface area contributed by atoms with E-state index in [2.05, 4.69) is 5.32 Å². The van der Waals surface area contributed by atoms with Gasteiger partial charge in [0, 0.05) is 13.1 Å². The van der Waals surface area contributed by atoms with Crippen molar-refractivity contribution in [2.24, 2.45) is 0 Å². The smallest absolute Gasteiger partial charge is 0.264 e. The van der Waals surface area contributed by atoms with Crippen LogP contribution in [0.25, 0.3) is 0 Å². The minimum Gasteiger partial charge on any atom is -0.355 e. The molecular weight excluding hydrogens is 498 g/mol. The molecule has 7 nitrogen and oxygen atoms in total. The highest BCUT2D eigenvalue weighted by Crippen LogP contribution is 2.26. The van der Waals surface area contributed by atoms with Crippen LogP contribution >= 0.6 is 0 Å². The normalized spacial score (nSPS) is 12.0. The number of benzene rings is 3. The molecule has 3 rings (SSSR count). The van der Waals surface area contributed by atoms with Gasteiger partial charge in [0.1, 0.15) is 12.6 Å². The summed E-state index contributed by atoms with van der Waals surface area (Å²) in [4.78, 5) is 28.1. The van der Waals surface area contributed by atoms with Gasteiger partial charge >= 0.3 is 0 Å². The van der Waals surface area contributed by atoms with Gasteiger partial charge in [-0.1, -0.05) is 54.1 Å². The highest BCUT2D eigenvalue weighted by molar-refractivity contribution is 7.92. The van der Waals surface area contributed by atoms with E-state index in [1.165, 1.54) is 4.90 Å². The van der Waals surface area contributed by atoms with Gasteiger partial charge in [0.15, 0.2) is 0 Å². The summed E-state index contributed by atoms with van der Waals surface area (Å²) in [6, 6.07) is 20.8. The molecule has 0 heterocycles. The summed E-state index contributed by atoms with van der Waals surface area (Å²) in [6.07, 6.45) is 0.532. The van der Waals surface area contributed by atoms with Gasteiger partial charge in [0.25, 0.3) is 10.0 Å². The number of aryl methyl sites for hydroxylation is 3. The molecule has 0 spiro atoms. The average molecular weight is 536 g/mol. The van der Waals surface area contributed by atoms with Crippen LogP contribution in [0.2, 0.25) is 0 Å². The molecule has 1 atom stereocenters. The third kappa shape index (κ3) is 7.01. The summed E-state index contributed by atoms with van der Waals surface area (Å²) in [5.74, 6) is -0.735. The zero-order valence-corrected chi connectivity index (χ0v) is 23.6. The van der Waals surface area contributed by atoms with Crippen LogP contribution in [0.4, 0.5) is 5.69 Å². The topological polar surface area (TPSA) is 86.8 Å². The number of hydrogen-bond donors (Lipinski definition) is 1. The molecule has 2 amide bonds. The second-order valence-electron chi connectivity index (χ2n) is 9.49. The molecule has 0 aliphatic carbocycles. The van der Waals surface area contributed by atoms with Crippen LogP contribution in [0.3, 0.4) is 0 Å². The van der Waals surface area contributed by atoms with Gasteiger partial charge in [0.2, 0.25) is 11.8 Å².